The van der Waals surface area contributed by atoms with E-state index in [0.29, 0.717) is 6.67 Å². The molecule has 0 N–H and O–H groups in total. The van der Waals surface area contributed by atoms with E-state index in [1.54, 1.807) is 4.68 Å². The van der Waals surface area contributed by atoms with Crippen molar-refractivity contribution < 1.29 is 0 Å². The molecular weight excluding hydrogens is 366 g/mol. The predicted molar refractivity (Wildman–Crippen MR) is 115 cm³/mol. The van der Waals surface area contributed by atoms with E-state index in [1.165, 1.54) is 16.0 Å². The van der Waals surface area contributed by atoms with Gasteiger partial charge in [-0.15, -0.1) is 11.3 Å². The summed E-state index contributed by atoms with van der Waals surface area (Å²) in [7, 11) is 0. The number of thiophene rings is 1. The lowest BCUT2D eigenvalue weighted by atomic mass is 10.0. The third-order valence-electron chi connectivity index (χ3n) is 5.41. The molecule has 3 heterocycles. The molecule has 1 aliphatic rings. The molecule has 0 amide bonds. The van der Waals surface area contributed by atoms with Gasteiger partial charge in [0, 0.05) is 28.9 Å². The Balaban J connectivity index is 1.58. The van der Waals surface area contributed by atoms with Crippen molar-refractivity contribution in [3.8, 4) is 11.3 Å². The first-order chi connectivity index (χ1) is 13.7. The number of aromatic nitrogens is 2. The molecule has 140 valence electrons. The molecule has 4 nitrogen and oxygen atoms in total. The molecule has 0 radical (unpaired) electrons. The largest absolute Gasteiger partial charge is 0.280 e. The van der Waals surface area contributed by atoms with Crippen LogP contribution in [-0.4, -0.2) is 21.2 Å². The van der Waals surface area contributed by atoms with Gasteiger partial charge in [0.25, 0.3) is 5.56 Å². The quantitative estimate of drug-likeness (QED) is 0.521. The molecule has 5 heteroatoms. The first-order valence-corrected chi connectivity index (χ1v) is 10.4. The smallest absolute Gasteiger partial charge is 0.275 e. The highest BCUT2D eigenvalue weighted by Crippen LogP contribution is 2.26. The number of aryl methyl sites for hydroxylation is 1. The first kappa shape index (κ1) is 17.3. The molecule has 0 aliphatic carbocycles. The molecule has 28 heavy (non-hydrogen) atoms. The van der Waals surface area contributed by atoms with Crippen LogP contribution >= 0.6 is 11.3 Å². The Hall–Kier alpha value is -2.76. The molecule has 2 aromatic heterocycles. The molecule has 0 bridgehead atoms. The average molecular weight is 388 g/mol. The second-order valence-electron chi connectivity index (χ2n) is 7.38. The van der Waals surface area contributed by atoms with Gasteiger partial charge >= 0.3 is 0 Å². The number of fused-ring (bicyclic) bond motifs is 2. The maximum absolute atomic E-state index is 13.1. The predicted octanol–water partition coefficient (Wildman–Crippen LogP) is 4.45. The van der Waals surface area contributed by atoms with E-state index in [9.17, 15) is 4.79 Å². The van der Waals surface area contributed by atoms with Crippen molar-refractivity contribution in [3.05, 3.63) is 86.3 Å². The summed E-state index contributed by atoms with van der Waals surface area (Å²) in [5.41, 5.74) is 4.46. The number of rotatable bonds is 3. The summed E-state index contributed by atoms with van der Waals surface area (Å²) in [6.07, 6.45) is 1.04. The van der Waals surface area contributed by atoms with E-state index in [1.807, 2.05) is 35.6 Å². The number of benzene rings is 2. The van der Waals surface area contributed by atoms with Gasteiger partial charge in [0.15, 0.2) is 0 Å². The third kappa shape index (κ3) is 3.07. The molecule has 0 unspecified atom stereocenters. The zero-order valence-electron chi connectivity index (χ0n) is 15.8. The number of nitrogens with zero attached hydrogens (tertiary/aromatic N) is 3. The van der Waals surface area contributed by atoms with Crippen LogP contribution in [0.15, 0.2) is 64.8 Å². The average Bonchev–Trinajstić information content (AvgIpc) is 3.19. The van der Waals surface area contributed by atoms with Crippen LogP contribution in [0.5, 0.6) is 0 Å². The lowest BCUT2D eigenvalue weighted by Gasteiger charge is -2.27. The normalized spacial score (nSPS) is 14.3. The summed E-state index contributed by atoms with van der Waals surface area (Å²) in [5, 5.41) is 8.59. The van der Waals surface area contributed by atoms with Gasteiger partial charge in [0.2, 0.25) is 0 Å². The fourth-order valence-electron chi connectivity index (χ4n) is 3.87. The highest BCUT2D eigenvalue weighted by Gasteiger charge is 2.19. The van der Waals surface area contributed by atoms with Crippen molar-refractivity contribution in [3.63, 3.8) is 0 Å². The molecule has 5 rings (SSSR count). The van der Waals surface area contributed by atoms with Crippen molar-refractivity contribution in [1.82, 2.24) is 14.7 Å². The molecular formula is C23H21N3OS. The first-order valence-electron chi connectivity index (χ1n) is 9.53. The van der Waals surface area contributed by atoms with Gasteiger partial charge in [-0.2, -0.15) is 5.10 Å². The standard InChI is InChI=1S/C23H21N3OS/c1-16-6-8-17(9-7-16)22-19-4-2-3-5-20(19)23(27)26(24-22)15-25-12-10-21-18(14-25)11-13-28-21/h2-9,11,13H,10,12,14-15H2,1H3. The Labute approximate surface area is 167 Å². The SMILES string of the molecule is Cc1ccc(-c2nn(CN3CCc4sccc4C3)c(=O)c3ccccc23)cc1. The van der Waals surface area contributed by atoms with Crippen LogP contribution in [0.2, 0.25) is 0 Å². The van der Waals surface area contributed by atoms with E-state index in [-0.39, 0.29) is 5.56 Å². The van der Waals surface area contributed by atoms with Crippen molar-refractivity contribution in [1.29, 1.82) is 0 Å². The van der Waals surface area contributed by atoms with Gasteiger partial charge in [0.05, 0.1) is 17.7 Å². The fraction of sp³-hybridized carbons (Fsp3) is 0.217. The van der Waals surface area contributed by atoms with E-state index in [2.05, 4.69) is 47.5 Å². The van der Waals surface area contributed by atoms with Gasteiger partial charge in [-0.05, 0) is 36.4 Å². The third-order valence-corrected chi connectivity index (χ3v) is 6.44. The van der Waals surface area contributed by atoms with Crippen LogP contribution < -0.4 is 5.56 Å². The van der Waals surface area contributed by atoms with Crippen LogP contribution in [0.1, 0.15) is 16.0 Å². The molecule has 0 saturated heterocycles. The Morgan fingerprint density at radius 2 is 1.82 bits per heavy atom. The minimum absolute atomic E-state index is 0.0254. The van der Waals surface area contributed by atoms with Crippen molar-refractivity contribution >= 4 is 22.1 Å². The van der Waals surface area contributed by atoms with Gasteiger partial charge in [-0.3, -0.25) is 9.69 Å². The lowest BCUT2D eigenvalue weighted by Crippen LogP contribution is -2.37. The second kappa shape index (κ2) is 7.00. The summed E-state index contributed by atoms with van der Waals surface area (Å²) in [6, 6.07) is 18.3. The van der Waals surface area contributed by atoms with Crippen molar-refractivity contribution in [2.45, 2.75) is 26.6 Å². The monoisotopic (exact) mass is 387 g/mol. The summed E-state index contributed by atoms with van der Waals surface area (Å²) in [5.74, 6) is 0. The minimum atomic E-state index is -0.0254. The summed E-state index contributed by atoms with van der Waals surface area (Å²) in [6.45, 7) is 4.41. The molecule has 0 spiro atoms. The number of hydrogen-bond acceptors (Lipinski definition) is 4. The zero-order chi connectivity index (χ0) is 19.1. The van der Waals surface area contributed by atoms with E-state index in [4.69, 9.17) is 5.10 Å². The van der Waals surface area contributed by atoms with E-state index < -0.39 is 0 Å². The van der Waals surface area contributed by atoms with Crippen LogP contribution in [0.4, 0.5) is 0 Å². The highest BCUT2D eigenvalue weighted by molar-refractivity contribution is 7.10. The van der Waals surface area contributed by atoms with Crippen molar-refractivity contribution in [2.24, 2.45) is 0 Å². The van der Waals surface area contributed by atoms with Gasteiger partial charge in [-0.1, -0.05) is 48.0 Å². The Morgan fingerprint density at radius 1 is 1.04 bits per heavy atom. The Morgan fingerprint density at radius 3 is 2.64 bits per heavy atom. The Kier molecular flexibility index (Phi) is 4.34. The fourth-order valence-corrected chi connectivity index (χ4v) is 4.76. The van der Waals surface area contributed by atoms with Crippen LogP contribution in [0, 0.1) is 6.92 Å². The molecule has 0 atom stereocenters. The highest BCUT2D eigenvalue weighted by atomic mass is 32.1. The van der Waals surface area contributed by atoms with Crippen LogP contribution in [0.25, 0.3) is 22.0 Å². The van der Waals surface area contributed by atoms with E-state index in [0.717, 1.165) is 41.5 Å². The molecule has 0 fully saturated rings. The van der Waals surface area contributed by atoms with Crippen LogP contribution in [0.3, 0.4) is 0 Å². The molecule has 4 aromatic rings. The molecule has 1 aliphatic heterocycles. The van der Waals surface area contributed by atoms with Crippen molar-refractivity contribution in [2.75, 3.05) is 6.54 Å². The summed E-state index contributed by atoms with van der Waals surface area (Å²) >= 11 is 1.83. The molecule has 0 saturated carbocycles. The summed E-state index contributed by atoms with van der Waals surface area (Å²) < 4.78 is 1.63. The van der Waals surface area contributed by atoms with Crippen LogP contribution in [-0.2, 0) is 19.6 Å². The molecule has 2 aromatic carbocycles. The van der Waals surface area contributed by atoms with Gasteiger partial charge < -0.3 is 0 Å². The number of hydrogen-bond donors (Lipinski definition) is 0. The van der Waals surface area contributed by atoms with Gasteiger partial charge in [-0.25, -0.2) is 4.68 Å². The second-order valence-corrected chi connectivity index (χ2v) is 8.38. The maximum atomic E-state index is 13.1. The summed E-state index contributed by atoms with van der Waals surface area (Å²) in [4.78, 5) is 16.9. The zero-order valence-corrected chi connectivity index (χ0v) is 16.6. The lowest BCUT2D eigenvalue weighted by molar-refractivity contribution is 0.187. The Bertz CT molecular complexity index is 1210. The van der Waals surface area contributed by atoms with Gasteiger partial charge in [0.1, 0.15) is 0 Å². The minimum Gasteiger partial charge on any atom is -0.280 e. The topological polar surface area (TPSA) is 38.1 Å². The van der Waals surface area contributed by atoms with E-state index >= 15 is 0 Å². The maximum Gasteiger partial charge on any atom is 0.275 e.